The van der Waals surface area contributed by atoms with E-state index in [1.807, 2.05) is 0 Å². The lowest BCUT2D eigenvalue weighted by Crippen LogP contribution is -2.40. The van der Waals surface area contributed by atoms with Crippen LogP contribution in [0.5, 0.6) is 0 Å². The van der Waals surface area contributed by atoms with Gasteiger partial charge in [-0.25, -0.2) is 12.8 Å². The highest BCUT2D eigenvalue weighted by Crippen LogP contribution is 2.02. The molecule has 0 fully saturated rings. The maximum atomic E-state index is 12.7. The second-order valence-corrected chi connectivity index (χ2v) is 6.69. The van der Waals surface area contributed by atoms with Crippen LogP contribution in [-0.4, -0.2) is 46.5 Å². The summed E-state index contributed by atoms with van der Waals surface area (Å²) in [7, 11) is -1.36. The molecule has 0 aliphatic carbocycles. The molecule has 0 amide bonds. The van der Waals surface area contributed by atoms with E-state index in [1.54, 1.807) is 19.2 Å². The highest BCUT2D eigenvalue weighted by atomic mass is 32.2. The van der Waals surface area contributed by atoms with Crippen molar-refractivity contribution in [2.24, 2.45) is 4.99 Å². The van der Waals surface area contributed by atoms with Gasteiger partial charge in [-0.2, -0.15) is 0 Å². The van der Waals surface area contributed by atoms with Crippen LogP contribution in [0.15, 0.2) is 29.3 Å². The molecule has 0 atom stereocenters. The third-order valence-corrected chi connectivity index (χ3v) is 3.55. The van der Waals surface area contributed by atoms with E-state index >= 15 is 0 Å². The average molecular weight is 301 g/mol. The number of hydrogen-bond donors (Lipinski definition) is 2. The van der Waals surface area contributed by atoms with Crippen LogP contribution in [0, 0.1) is 5.82 Å². The number of nitrogens with one attached hydrogen (secondary N) is 2. The zero-order valence-corrected chi connectivity index (χ0v) is 12.5. The maximum absolute atomic E-state index is 12.7. The van der Waals surface area contributed by atoms with Crippen LogP contribution in [-0.2, 0) is 16.3 Å². The normalized spacial score (nSPS) is 12.2. The molecule has 2 N–H and O–H groups in total. The van der Waals surface area contributed by atoms with Gasteiger partial charge in [0.05, 0.1) is 5.75 Å². The van der Waals surface area contributed by atoms with Crippen molar-refractivity contribution in [2.45, 2.75) is 6.42 Å². The molecule has 0 aliphatic rings. The van der Waals surface area contributed by atoms with Crippen molar-refractivity contribution in [3.05, 3.63) is 35.6 Å². The lowest BCUT2D eigenvalue weighted by atomic mass is 10.1. The second-order valence-electron chi connectivity index (χ2n) is 4.43. The van der Waals surface area contributed by atoms with Gasteiger partial charge in [-0.15, -0.1) is 0 Å². The van der Waals surface area contributed by atoms with Gasteiger partial charge in [0.25, 0.3) is 0 Å². The van der Waals surface area contributed by atoms with E-state index in [4.69, 9.17) is 0 Å². The van der Waals surface area contributed by atoms with Crippen LogP contribution in [0.25, 0.3) is 0 Å². The number of halogens is 1. The highest BCUT2D eigenvalue weighted by Gasteiger charge is 2.03. The minimum Gasteiger partial charge on any atom is -0.356 e. The first kappa shape index (κ1) is 16.4. The van der Waals surface area contributed by atoms with Gasteiger partial charge in [0.2, 0.25) is 0 Å². The van der Waals surface area contributed by atoms with Gasteiger partial charge in [0.1, 0.15) is 15.7 Å². The predicted molar refractivity (Wildman–Crippen MR) is 79.2 cm³/mol. The molecule has 0 aliphatic heterocycles. The summed E-state index contributed by atoms with van der Waals surface area (Å²) in [6.07, 6.45) is 1.92. The van der Waals surface area contributed by atoms with Crippen molar-refractivity contribution in [1.82, 2.24) is 10.6 Å². The van der Waals surface area contributed by atoms with Crippen molar-refractivity contribution in [3.8, 4) is 0 Å². The van der Waals surface area contributed by atoms with Crippen molar-refractivity contribution in [2.75, 3.05) is 32.1 Å². The Hall–Kier alpha value is -1.63. The van der Waals surface area contributed by atoms with Crippen molar-refractivity contribution < 1.29 is 12.8 Å². The molecule has 0 bridgehead atoms. The van der Waals surface area contributed by atoms with Gasteiger partial charge in [0, 0.05) is 26.4 Å². The van der Waals surface area contributed by atoms with Gasteiger partial charge in [-0.05, 0) is 24.1 Å². The summed E-state index contributed by atoms with van der Waals surface area (Å²) in [6.45, 7) is 0.944. The maximum Gasteiger partial charge on any atom is 0.191 e. The first-order valence-corrected chi connectivity index (χ1v) is 8.33. The van der Waals surface area contributed by atoms with E-state index in [1.165, 1.54) is 18.4 Å². The standard InChI is InChI=1S/C13H20FN3O2S/c1-15-13(17-9-10-20(2,18)19)16-8-7-11-3-5-12(14)6-4-11/h3-6H,7-10H2,1-2H3,(H2,15,16,17). The minimum atomic E-state index is -2.98. The molecule has 20 heavy (non-hydrogen) atoms. The molecule has 0 aromatic heterocycles. The van der Waals surface area contributed by atoms with Crippen molar-refractivity contribution >= 4 is 15.8 Å². The number of nitrogens with zero attached hydrogens (tertiary/aromatic N) is 1. The summed E-state index contributed by atoms with van der Waals surface area (Å²) in [4.78, 5) is 3.99. The second kappa shape index (κ2) is 7.84. The van der Waals surface area contributed by atoms with Crippen molar-refractivity contribution in [1.29, 1.82) is 0 Å². The number of aliphatic imine (C=N–C) groups is 1. The number of sulfone groups is 1. The number of guanidine groups is 1. The first-order valence-electron chi connectivity index (χ1n) is 6.27. The number of rotatable bonds is 6. The lowest BCUT2D eigenvalue weighted by molar-refractivity contribution is 0.600. The molecule has 7 heteroatoms. The lowest BCUT2D eigenvalue weighted by Gasteiger charge is -2.11. The summed E-state index contributed by atoms with van der Waals surface area (Å²) in [5.74, 6) is 0.363. The van der Waals surface area contributed by atoms with Crippen LogP contribution in [0.4, 0.5) is 4.39 Å². The third kappa shape index (κ3) is 7.08. The Labute approximate surface area is 119 Å². The fraction of sp³-hybridized carbons (Fsp3) is 0.462. The molecular formula is C13H20FN3O2S. The zero-order valence-electron chi connectivity index (χ0n) is 11.7. The molecule has 112 valence electrons. The Morgan fingerprint density at radius 3 is 2.35 bits per heavy atom. The monoisotopic (exact) mass is 301 g/mol. The summed E-state index contributed by atoms with van der Waals surface area (Å²) < 4.78 is 34.7. The molecule has 1 rings (SSSR count). The van der Waals surface area contributed by atoms with Crippen LogP contribution < -0.4 is 10.6 Å². The average Bonchev–Trinajstić information content (AvgIpc) is 2.38. The molecular weight excluding hydrogens is 281 g/mol. The Morgan fingerprint density at radius 1 is 1.20 bits per heavy atom. The van der Waals surface area contributed by atoms with Gasteiger partial charge >= 0.3 is 0 Å². The minimum absolute atomic E-state index is 0.0612. The third-order valence-electron chi connectivity index (χ3n) is 2.61. The first-order chi connectivity index (χ1) is 9.40. The number of benzene rings is 1. The highest BCUT2D eigenvalue weighted by molar-refractivity contribution is 7.90. The van der Waals surface area contributed by atoms with E-state index < -0.39 is 9.84 Å². The fourth-order valence-electron chi connectivity index (χ4n) is 1.55. The Morgan fingerprint density at radius 2 is 1.80 bits per heavy atom. The van der Waals surface area contributed by atoms with Crippen molar-refractivity contribution in [3.63, 3.8) is 0 Å². The van der Waals surface area contributed by atoms with Crippen LogP contribution >= 0.6 is 0 Å². The summed E-state index contributed by atoms with van der Waals surface area (Å²) >= 11 is 0. The van der Waals surface area contributed by atoms with Gasteiger partial charge in [-0.3, -0.25) is 4.99 Å². The van der Waals surface area contributed by atoms with Gasteiger partial charge in [-0.1, -0.05) is 12.1 Å². The van der Waals surface area contributed by atoms with E-state index in [-0.39, 0.29) is 11.6 Å². The Bertz CT molecular complexity index is 541. The van der Waals surface area contributed by atoms with Crippen LogP contribution in [0.3, 0.4) is 0 Å². The topological polar surface area (TPSA) is 70.6 Å². The molecule has 0 spiro atoms. The molecule has 0 radical (unpaired) electrons. The molecule has 0 unspecified atom stereocenters. The summed E-state index contributed by atoms with van der Waals surface area (Å²) in [5.41, 5.74) is 1.02. The van der Waals surface area contributed by atoms with E-state index in [2.05, 4.69) is 15.6 Å². The summed E-state index contributed by atoms with van der Waals surface area (Å²) in [5, 5.41) is 5.99. The van der Waals surface area contributed by atoms with Gasteiger partial charge < -0.3 is 10.6 Å². The van der Waals surface area contributed by atoms with E-state index in [0.717, 1.165) is 12.0 Å². The fourth-order valence-corrected chi connectivity index (χ4v) is 2.02. The van der Waals surface area contributed by atoms with Gasteiger partial charge in [0.15, 0.2) is 5.96 Å². The zero-order chi connectivity index (χ0) is 15.0. The van der Waals surface area contributed by atoms with Crippen LogP contribution in [0.1, 0.15) is 5.56 Å². The molecule has 0 saturated carbocycles. The largest absolute Gasteiger partial charge is 0.356 e. The Balaban J connectivity index is 2.30. The smallest absolute Gasteiger partial charge is 0.191 e. The van der Waals surface area contributed by atoms with Crippen LogP contribution in [0.2, 0.25) is 0 Å². The molecule has 5 nitrogen and oxygen atoms in total. The SMILES string of the molecule is CN=C(NCCc1ccc(F)cc1)NCCS(C)(=O)=O. The summed E-state index contributed by atoms with van der Waals surface area (Å²) in [6, 6.07) is 6.32. The molecule has 0 saturated heterocycles. The predicted octanol–water partition coefficient (Wildman–Crippen LogP) is 0.578. The quantitative estimate of drug-likeness (QED) is 0.595. The molecule has 0 heterocycles. The molecule has 1 aromatic rings. The number of hydrogen-bond acceptors (Lipinski definition) is 3. The van der Waals surface area contributed by atoms with E-state index in [9.17, 15) is 12.8 Å². The van der Waals surface area contributed by atoms with E-state index in [0.29, 0.717) is 19.0 Å². The molecule has 1 aromatic carbocycles. The Kier molecular flexibility index (Phi) is 6.44.